The zero-order chi connectivity index (χ0) is 10.1. The molecule has 0 aliphatic heterocycles. The number of hydrogen-bond donors (Lipinski definition) is 0. The van der Waals surface area contributed by atoms with E-state index in [-0.39, 0.29) is 0 Å². The molecule has 0 radical (unpaired) electrons. The zero-order valence-corrected chi connectivity index (χ0v) is 8.92. The quantitative estimate of drug-likeness (QED) is 0.638. The molecular formula is C11H11ClN2. The van der Waals surface area contributed by atoms with Crippen molar-refractivity contribution in [3.63, 3.8) is 0 Å². The van der Waals surface area contributed by atoms with Crippen molar-refractivity contribution in [2.75, 3.05) is 0 Å². The largest absolute Gasteiger partial charge is 0.350 e. The maximum absolute atomic E-state index is 5.47. The van der Waals surface area contributed by atoms with Gasteiger partial charge >= 0.3 is 0 Å². The molecule has 14 heavy (non-hydrogen) atoms. The Morgan fingerprint density at radius 1 is 1.36 bits per heavy atom. The number of aromatic nitrogens is 1. The fourth-order valence-electron chi connectivity index (χ4n) is 1.68. The molecule has 1 aromatic heterocycles. The molecule has 0 fully saturated rings. The molecule has 72 valence electrons. The number of halogens is 1. The van der Waals surface area contributed by atoms with Crippen LogP contribution in [0.2, 0.25) is 0 Å². The molecule has 0 atom stereocenters. The first-order valence-electron chi connectivity index (χ1n) is 4.44. The highest BCUT2D eigenvalue weighted by molar-refractivity contribution is 6.24. The van der Waals surface area contributed by atoms with Gasteiger partial charge in [0.15, 0.2) is 0 Å². The van der Waals surface area contributed by atoms with E-state index in [1.807, 2.05) is 32.3 Å². The van der Waals surface area contributed by atoms with E-state index in [2.05, 4.69) is 21.2 Å². The van der Waals surface area contributed by atoms with E-state index in [0.717, 1.165) is 11.3 Å². The van der Waals surface area contributed by atoms with E-state index in [1.54, 1.807) is 0 Å². The van der Waals surface area contributed by atoms with Gasteiger partial charge in [-0.3, -0.25) is 0 Å². The Kier molecular flexibility index (Phi) is 2.30. The van der Waals surface area contributed by atoms with Gasteiger partial charge in [-0.25, -0.2) is 0 Å². The molecule has 2 nitrogen and oxygen atoms in total. The Morgan fingerprint density at radius 2 is 2.07 bits per heavy atom. The minimum atomic E-state index is 0.850. The lowest BCUT2D eigenvalue weighted by atomic mass is 10.1. The predicted molar refractivity (Wildman–Crippen MR) is 61.0 cm³/mol. The first-order valence-corrected chi connectivity index (χ1v) is 4.78. The molecule has 0 saturated carbocycles. The average molecular weight is 207 g/mol. The zero-order valence-electron chi connectivity index (χ0n) is 8.16. The molecule has 1 heterocycles. The minimum absolute atomic E-state index is 0.850. The average Bonchev–Trinajstić information content (AvgIpc) is 2.56. The van der Waals surface area contributed by atoms with Crippen LogP contribution in [0.5, 0.6) is 0 Å². The van der Waals surface area contributed by atoms with E-state index < -0.39 is 0 Å². The van der Waals surface area contributed by atoms with Crippen molar-refractivity contribution in [1.29, 1.82) is 0 Å². The molecule has 0 unspecified atom stereocenters. The summed E-state index contributed by atoms with van der Waals surface area (Å²) in [6.45, 7) is 1.91. The topological polar surface area (TPSA) is 17.3 Å². The van der Waals surface area contributed by atoms with Crippen molar-refractivity contribution in [3.8, 4) is 0 Å². The van der Waals surface area contributed by atoms with Gasteiger partial charge in [-0.05, 0) is 13.0 Å². The summed E-state index contributed by atoms with van der Waals surface area (Å²) in [5.74, 6) is 0. The van der Waals surface area contributed by atoms with Crippen LogP contribution < -0.4 is 0 Å². The van der Waals surface area contributed by atoms with Gasteiger partial charge in [0.05, 0.1) is 5.71 Å². The molecule has 0 spiro atoms. The predicted octanol–water partition coefficient (Wildman–Crippen LogP) is 3.14. The molecule has 3 heteroatoms. The Hall–Kier alpha value is -1.28. The minimum Gasteiger partial charge on any atom is -0.350 e. The van der Waals surface area contributed by atoms with Gasteiger partial charge in [-0.2, -0.15) is 4.51 Å². The molecule has 0 amide bonds. The van der Waals surface area contributed by atoms with E-state index in [0.29, 0.717) is 0 Å². The number of para-hydroxylation sites is 1. The Balaban J connectivity index is 2.79. The first kappa shape index (κ1) is 9.28. The van der Waals surface area contributed by atoms with Crippen LogP contribution in [0.25, 0.3) is 10.9 Å². The molecule has 0 bridgehead atoms. The third-order valence-electron chi connectivity index (χ3n) is 2.41. The summed E-state index contributed by atoms with van der Waals surface area (Å²) < 4.78 is 5.78. The fraction of sp³-hybridized carbons (Fsp3) is 0.182. The number of aryl methyl sites for hydroxylation is 1. The van der Waals surface area contributed by atoms with Crippen molar-refractivity contribution < 1.29 is 0 Å². The lowest BCUT2D eigenvalue weighted by Gasteiger charge is -1.94. The van der Waals surface area contributed by atoms with Gasteiger partial charge in [0.1, 0.15) is 0 Å². The maximum atomic E-state index is 5.47. The van der Waals surface area contributed by atoms with E-state index in [1.165, 1.54) is 10.9 Å². The van der Waals surface area contributed by atoms with Gasteiger partial charge in [0.2, 0.25) is 0 Å². The van der Waals surface area contributed by atoms with Crippen molar-refractivity contribution in [3.05, 3.63) is 36.0 Å². The van der Waals surface area contributed by atoms with Crippen LogP contribution in [0.15, 0.2) is 35.0 Å². The van der Waals surface area contributed by atoms with Crippen molar-refractivity contribution in [2.24, 2.45) is 11.6 Å². The monoisotopic (exact) mass is 206 g/mol. The summed E-state index contributed by atoms with van der Waals surface area (Å²) in [5.41, 5.74) is 3.14. The van der Waals surface area contributed by atoms with Crippen LogP contribution in [0, 0.1) is 0 Å². The number of fused-ring (bicyclic) bond motifs is 1. The summed E-state index contributed by atoms with van der Waals surface area (Å²) in [5, 5.41) is 1.19. The number of nitrogens with zero attached hydrogens (tertiary/aromatic N) is 2. The fourth-order valence-corrected chi connectivity index (χ4v) is 1.77. The van der Waals surface area contributed by atoms with Gasteiger partial charge in [0.25, 0.3) is 0 Å². The van der Waals surface area contributed by atoms with Crippen molar-refractivity contribution in [1.82, 2.24) is 4.57 Å². The van der Waals surface area contributed by atoms with Crippen LogP contribution in [-0.4, -0.2) is 10.3 Å². The van der Waals surface area contributed by atoms with Crippen LogP contribution in [0.3, 0.4) is 0 Å². The second-order valence-corrected chi connectivity index (χ2v) is 3.51. The third kappa shape index (κ3) is 1.32. The molecule has 2 aromatic rings. The maximum Gasteiger partial charge on any atom is 0.0613 e. The lowest BCUT2D eigenvalue weighted by molar-refractivity contribution is 0.968. The molecule has 0 aliphatic carbocycles. The summed E-state index contributed by atoms with van der Waals surface area (Å²) in [7, 11) is 2.02. The SMILES string of the molecule is CC(=NCl)c1cn(C)c2ccccc12. The second kappa shape index (κ2) is 3.46. The third-order valence-corrected chi connectivity index (χ3v) is 2.67. The normalized spacial score (nSPS) is 12.4. The van der Waals surface area contributed by atoms with Crippen molar-refractivity contribution >= 4 is 28.4 Å². The van der Waals surface area contributed by atoms with Crippen LogP contribution >= 0.6 is 11.8 Å². The van der Waals surface area contributed by atoms with Crippen molar-refractivity contribution in [2.45, 2.75) is 6.92 Å². The standard InChI is InChI=1S/C11H11ClN2/c1-8(13-12)10-7-14(2)11-6-4-3-5-9(10)11/h3-7H,1-2H3. The van der Waals surface area contributed by atoms with E-state index in [9.17, 15) is 0 Å². The molecule has 0 aliphatic rings. The van der Waals surface area contributed by atoms with Gasteiger partial charge in [-0.15, -0.1) is 0 Å². The van der Waals surface area contributed by atoms with Crippen LogP contribution in [0.1, 0.15) is 12.5 Å². The highest BCUT2D eigenvalue weighted by atomic mass is 35.5. The van der Waals surface area contributed by atoms with Gasteiger partial charge < -0.3 is 4.57 Å². The highest BCUT2D eigenvalue weighted by Gasteiger charge is 2.07. The Labute approximate surface area is 87.9 Å². The van der Waals surface area contributed by atoms with E-state index >= 15 is 0 Å². The van der Waals surface area contributed by atoms with Gasteiger partial charge in [0, 0.05) is 41.5 Å². The summed E-state index contributed by atoms with van der Waals surface area (Å²) in [6, 6.07) is 8.21. The molecule has 0 N–H and O–H groups in total. The number of rotatable bonds is 1. The van der Waals surface area contributed by atoms with Gasteiger partial charge in [-0.1, -0.05) is 18.2 Å². The van der Waals surface area contributed by atoms with Crippen LogP contribution in [-0.2, 0) is 7.05 Å². The second-order valence-electron chi connectivity index (χ2n) is 3.34. The first-order chi connectivity index (χ1) is 6.74. The number of benzene rings is 1. The summed E-state index contributed by atoms with van der Waals surface area (Å²) >= 11 is 5.47. The number of hydrogen-bond acceptors (Lipinski definition) is 1. The van der Waals surface area contributed by atoms with Crippen LogP contribution in [0.4, 0.5) is 0 Å². The Morgan fingerprint density at radius 3 is 2.79 bits per heavy atom. The highest BCUT2D eigenvalue weighted by Crippen LogP contribution is 2.21. The summed E-state index contributed by atoms with van der Waals surface area (Å²) in [4.78, 5) is 0. The molecule has 1 aromatic carbocycles. The lowest BCUT2D eigenvalue weighted by Crippen LogP contribution is -1.90. The molecular weight excluding hydrogens is 196 g/mol. The smallest absolute Gasteiger partial charge is 0.0613 e. The summed E-state index contributed by atoms with van der Waals surface area (Å²) in [6.07, 6.45) is 2.05. The van der Waals surface area contributed by atoms with E-state index in [4.69, 9.17) is 11.8 Å². The Bertz CT molecular complexity index is 497. The molecule has 0 saturated heterocycles. The molecule has 2 rings (SSSR count).